The zero-order chi connectivity index (χ0) is 33.0. The highest BCUT2D eigenvalue weighted by molar-refractivity contribution is 6.30. The predicted molar refractivity (Wildman–Crippen MR) is 167 cm³/mol. The Balaban J connectivity index is 0.00000480. The van der Waals surface area contributed by atoms with Crippen LogP contribution in [0, 0.1) is 5.92 Å². The van der Waals surface area contributed by atoms with Gasteiger partial charge in [-0.15, -0.1) is 12.4 Å². The molecular formula is C33H41ClN2O10. The number of phenols is 1. The van der Waals surface area contributed by atoms with Crippen LogP contribution in [0.3, 0.4) is 0 Å². The third kappa shape index (κ3) is 6.29. The number of Topliss-reactive ketones (excluding diaryl/α,β-unsaturated/α-hetero) is 1. The quantitative estimate of drug-likeness (QED) is 0.238. The van der Waals surface area contributed by atoms with Crippen LogP contribution in [0.2, 0.25) is 0 Å². The summed E-state index contributed by atoms with van der Waals surface area (Å²) < 4.78 is 17.5. The number of aliphatic hydroxyl groups excluding tert-OH is 1. The number of phenolic OH excluding ortho intramolecular Hbond substituents is 1. The molecule has 0 saturated carbocycles. The first-order chi connectivity index (χ1) is 21.2. The molecule has 1 fully saturated rings. The molecule has 1 heterocycles. The van der Waals surface area contributed by atoms with Crippen molar-refractivity contribution in [1.82, 2.24) is 5.32 Å². The first-order valence-corrected chi connectivity index (χ1v) is 15.1. The van der Waals surface area contributed by atoms with E-state index in [0.717, 1.165) is 0 Å². The molecule has 5 rings (SSSR count). The number of ketones is 3. The number of hydrogen-bond donors (Lipinski definition) is 5. The van der Waals surface area contributed by atoms with Gasteiger partial charge in [-0.25, -0.2) is 0 Å². The lowest BCUT2D eigenvalue weighted by Crippen LogP contribution is -2.58. The second-order valence-corrected chi connectivity index (χ2v) is 12.7. The number of benzene rings is 2. The number of amides is 1. The maximum absolute atomic E-state index is 13.8. The van der Waals surface area contributed by atoms with Crippen molar-refractivity contribution in [3.8, 4) is 11.5 Å². The van der Waals surface area contributed by atoms with Crippen molar-refractivity contribution in [2.75, 3.05) is 7.11 Å². The zero-order valence-corrected chi connectivity index (χ0v) is 27.2. The van der Waals surface area contributed by atoms with Crippen molar-refractivity contribution in [1.29, 1.82) is 0 Å². The average molecular weight is 661 g/mol. The molecule has 46 heavy (non-hydrogen) atoms. The lowest BCUT2D eigenvalue weighted by Gasteiger charge is -2.42. The van der Waals surface area contributed by atoms with E-state index < -0.39 is 71.3 Å². The van der Waals surface area contributed by atoms with Crippen LogP contribution >= 0.6 is 12.4 Å². The van der Waals surface area contributed by atoms with Crippen LogP contribution in [0.4, 0.5) is 0 Å². The summed E-state index contributed by atoms with van der Waals surface area (Å²) in [5.41, 5.74) is 4.40. The fraction of sp³-hybridized carbons (Fsp3) is 0.515. The van der Waals surface area contributed by atoms with Crippen molar-refractivity contribution in [3.63, 3.8) is 0 Å². The van der Waals surface area contributed by atoms with Gasteiger partial charge in [0, 0.05) is 36.0 Å². The number of aromatic hydroxyl groups is 1. The Bertz CT molecular complexity index is 1560. The molecule has 13 heteroatoms. The summed E-state index contributed by atoms with van der Waals surface area (Å²) in [6, 6.07) is 4.47. The van der Waals surface area contributed by atoms with Crippen LogP contribution in [-0.2, 0) is 25.5 Å². The van der Waals surface area contributed by atoms with Crippen molar-refractivity contribution >= 4 is 35.7 Å². The molecule has 3 aliphatic rings. The minimum absolute atomic E-state index is 0. The number of aliphatic hydroxyl groups is 2. The zero-order valence-electron chi connectivity index (χ0n) is 26.4. The van der Waals surface area contributed by atoms with Crippen LogP contribution in [0.1, 0.15) is 96.0 Å². The first-order valence-electron chi connectivity index (χ1n) is 15.1. The molecule has 1 saturated heterocycles. The Morgan fingerprint density at radius 2 is 1.87 bits per heavy atom. The fourth-order valence-corrected chi connectivity index (χ4v) is 6.60. The second-order valence-electron chi connectivity index (χ2n) is 12.7. The van der Waals surface area contributed by atoms with E-state index in [4.69, 9.17) is 19.9 Å². The summed E-state index contributed by atoms with van der Waals surface area (Å²) in [4.78, 5) is 52.8. The Morgan fingerprint density at radius 1 is 1.17 bits per heavy atom. The van der Waals surface area contributed by atoms with Crippen molar-refractivity contribution in [3.05, 3.63) is 57.6 Å². The fourth-order valence-electron chi connectivity index (χ4n) is 6.60. The number of hydrogen-bond acceptors (Lipinski definition) is 11. The highest BCUT2D eigenvalue weighted by Crippen LogP contribution is 2.48. The van der Waals surface area contributed by atoms with Gasteiger partial charge >= 0.3 is 0 Å². The number of fused-ring (bicyclic) bond motifs is 3. The van der Waals surface area contributed by atoms with E-state index in [9.17, 15) is 34.5 Å². The lowest BCUT2D eigenvalue weighted by atomic mass is 9.72. The lowest BCUT2D eigenvalue weighted by molar-refractivity contribution is -0.249. The number of nitrogens with one attached hydrogen (secondary N) is 1. The van der Waals surface area contributed by atoms with E-state index in [2.05, 4.69) is 5.32 Å². The second kappa shape index (κ2) is 13.4. The molecule has 7 atom stereocenters. The van der Waals surface area contributed by atoms with Gasteiger partial charge in [-0.1, -0.05) is 26.0 Å². The van der Waals surface area contributed by atoms with Crippen molar-refractivity contribution < 1.29 is 48.7 Å². The number of rotatable bonds is 8. The molecule has 2 aliphatic carbocycles. The van der Waals surface area contributed by atoms with Gasteiger partial charge < -0.3 is 40.6 Å². The Labute approximate surface area is 273 Å². The van der Waals surface area contributed by atoms with Gasteiger partial charge in [-0.05, 0) is 43.9 Å². The van der Waals surface area contributed by atoms with Gasteiger partial charge in [0.05, 0.1) is 42.5 Å². The number of halogens is 1. The van der Waals surface area contributed by atoms with Gasteiger partial charge in [-0.3, -0.25) is 19.2 Å². The summed E-state index contributed by atoms with van der Waals surface area (Å²) in [6.07, 6.45) is -4.15. The molecule has 1 unspecified atom stereocenters. The number of carbonyl (C=O) groups excluding carboxylic acids is 4. The molecule has 2 aromatic carbocycles. The van der Waals surface area contributed by atoms with Gasteiger partial charge in [0.2, 0.25) is 11.7 Å². The highest BCUT2D eigenvalue weighted by Gasteiger charge is 2.48. The summed E-state index contributed by atoms with van der Waals surface area (Å²) >= 11 is 0. The van der Waals surface area contributed by atoms with E-state index in [-0.39, 0.29) is 76.7 Å². The molecule has 0 spiro atoms. The topological polar surface area (TPSA) is 195 Å². The number of ether oxygens (including phenoxy) is 3. The maximum atomic E-state index is 13.8. The largest absolute Gasteiger partial charge is 0.507 e. The Kier molecular flexibility index (Phi) is 10.3. The van der Waals surface area contributed by atoms with Crippen LogP contribution in [0.5, 0.6) is 11.5 Å². The van der Waals surface area contributed by atoms with Gasteiger partial charge in [0.1, 0.15) is 23.2 Å². The summed E-state index contributed by atoms with van der Waals surface area (Å²) in [7, 11) is 1.37. The average Bonchev–Trinajstić information content (AvgIpc) is 2.97. The van der Waals surface area contributed by atoms with Gasteiger partial charge in [-0.2, -0.15) is 0 Å². The minimum atomic E-state index is -1.90. The summed E-state index contributed by atoms with van der Waals surface area (Å²) in [6.45, 7) is 6.73. The third-order valence-electron chi connectivity index (χ3n) is 9.01. The van der Waals surface area contributed by atoms with E-state index in [0.29, 0.717) is 6.42 Å². The van der Waals surface area contributed by atoms with E-state index in [1.807, 2.05) is 13.8 Å². The number of methoxy groups -OCH3 is 1. The van der Waals surface area contributed by atoms with E-state index >= 15 is 0 Å². The van der Waals surface area contributed by atoms with Gasteiger partial charge in [0.15, 0.2) is 17.9 Å². The highest BCUT2D eigenvalue weighted by atomic mass is 35.5. The standard InChI is InChI=1S/C33H40N2O10.ClH/c1-14(2)9-20(34)32(41)35-21-11-24(44-15(3)28(21)37)45-23-13-33(42,16(4)36)12-17-10-19-27(30(39)25(17)23)31(40)26-18(29(19)38)7-6-8-22(26)43-5;/h6-8,10,14-15,20-21,23-24,28,37,39,42H,9,11-13,34H2,1-5H3,(H,35,41);1H/t15-,20-,21-,23?,24-,28+,33-;/m0./s1. The Morgan fingerprint density at radius 3 is 2.50 bits per heavy atom. The molecule has 0 aromatic heterocycles. The molecule has 6 N–H and O–H groups in total. The molecule has 0 bridgehead atoms. The molecule has 2 aromatic rings. The van der Waals surface area contributed by atoms with Crippen LogP contribution < -0.4 is 15.8 Å². The van der Waals surface area contributed by atoms with Gasteiger partial charge in [0.25, 0.3) is 0 Å². The minimum Gasteiger partial charge on any atom is -0.507 e. The third-order valence-corrected chi connectivity index (χ3v) is 9.01. The summed E-state index contributed by atoms with van der Waals surface area (Å²) in [5, 5.41) is 36.6. The predicted octanol–water partition coefficient (Wildman–Crippen LogP) is 2.28. The molecule has 1 aliphatic heterocycles. The molecule has 250 valence electrons. The normalized spacial score (nSPS) is 27.5. The maximum Gasteiger partial charge on any atom is 0.237 e. The Hall–Kier alpha value is -3.39. The number of nitrogens with two attached hydrogens (primary N) is 1. The summed E-state index contributed by atoms with van der Waals surface area (Å²) in [5.74, 6) is -2.25. The van der Waals surface area contributed by atoms with Crippen molar-refractivity contribution in [2.45, 2.75) is 95.7 Å². The molecule has 1 amide bonds. The van der Waals surface area contributed by atoms with Crippen molar-refractivity contribution in [2.24, 2.45) is 11.7 Å². The van der Waals surface area contributed by atoms with Crippen LogP contribution in [0.15, 0.2) is 24.3 Å². The van der Waals surface area contributed by atoms with Crippen LogP contribution in [0.25, 0.3) is 0 Å². The number of carbonyl (C=O) groups is 4. The van der Waals surface area contributed by atoms with Crippen LogP contribution in [-0.4, -0.2) is 81.9 Å². The molecule has 12 nitrogen and oxygen atoms in total. The van der Waals surface area contributed by atoms with E-state index in [1.165, 1.54) is 26.2 Å². The molecular weight excluding hydrogens is 620 g/mol. The monoisotopic (exact) mass is 660 g/mol. The smallest absolute Gasteiger partial charge is 0.237 e. The van der Waals surface area contributed by atoms with E-state index in [1.54, 1.807) is 19.1 Å². The SMILES string of the molecule is COc1cccc2c1C(=O)c1c(cc3c(c1O)C(O[C@H]1C[C@H](NC(=O)[C@@H](N)CC(C)C)[C@H](O)[C@H](C)O1)C[C@](O)(C(C)=O)C3)C2=O.Cl. The molecule has 0 radical (unpaired) electrons. The first kappa shape index (κ1) is 35.5.